The van der Waals surface area contributed by atoms with Crippen LogP contribution in [0.25, 0.3) is 0 Å². The topological polar surface area (TPSA) is 67.2 Å². The molecule has 96 valence electrons. The van der Waals surface area contributed by atoms with Crippen molar-refractivity contribution in [2.75, 3.05) is 6.54 Å². The molecule has 0 spiro atoms. The summed E-state index contributed by atoms with van der Waals surface area (Å²) in [6.45, 7) is -0.527. The van der Waals surface area contributed by atoms with Gasteiger partial charge >= 0.3 is 12.1 Å². The van der Waals surface area contributed by atoms with Gasteiger partial charge in [-0.2, -0.15) is 18.3 Å². The Morgan fingerprint density at radius 1 is 1.65 bits per heavy atom. The van der Waals surface area contributed by atoms with E-state index in [2.05, 4.69) is 10.4 Å². The Kier molecular flexibility index (Phi) is 4.11. The first-order valence-corrected chi connectivity index (χ1v) is 4.79. The predicted octanol–water partition coefficient (Wildman–Crippen LogP) is 0.773. The van der Waals surface area contributed by atoms with E-state index in [1.165, 1.54) is 10.9 Å². The standard InChI is InChI=1S/C9H12F3N3O2/c1-15-6(2-3-14-15)4-13-5-7(8(16)17)9(10,11)12/h2-3,7,13H,4-5H2,1H3,(H,16,17). The number of hydrogen-bond donors (Lipinski definition) is 2. The summed E-state index contributed by atoms with van der Waals surface area (Å²) in [5.41, 5.74) is 0.677. The van der Waals surface area contributed by atoms with Gasteiger partial charge in [0.2, 0.25) is 0 Å². The molecule has 0 aliphatic rings. The number of carbonyl (C=O) groups is 1. The number of rotatable bonds is 5. The van der Waals surface area contributed by atoms with Gasteiger partial charge in [0.1, 0.15) is 0 Å². The molecule has 8 heteroatoms. The lowest BCUT2D eigenvalue weighted by Gasteiger charge is -2.16. The number of alkyl halides is 3. The van der Waals surface area contributed by atoms with Crippen molar-refractivity contribution in [1.82, 2.24) is 15.1 Å². The van der Waals surface area contributed by atoms with Crippen molar-refractivity contribution in [1.29, 1.82) is 0 Å². The number of carboxylic acid groups (broad SMARTS) is 1. The molecule has 17 heavy (non-hydrogen) atoms. The zero-order valence-corrected chi connectivity index (χ0v) is 9.03. The Hall–Kier alpha value is -1.57. The van der Waals surface area contributed by atoms with Crippen molar-refractivity contribution in [3.8, 4) is 0 Å². The third-order valence-corrected chi connectivity index (χ3v) is 2.27. The normalized spacial score (nSPS) is 13.6. The van der Waals surface area contributed by atoms with Crippen molar-refractivity contribution in [2.45, 2.75) is 12.7 Å². The summed E-state index contributed by atoms with van der Waals surface area (Å²) in [7, 11) is 1.65. The summed E-state index contributed by atoms with van der Waals surface area (Å²) in [4.78, 5) is 10.4. The fourth-order valence-electron chi connectivity index (χ4n) is 1.26. The zero-order chi connectivity index (χ0) is 13.1. The third-order valence-electron chi connectivity index (χ3n) is 2.27. The van der Waals surface area contributed by atoms with E-state index < -0.39 is 24.6 Å². The maximum Gasteiger partial charge on any atom is 0.403 e. The van der Waals surface area contributed by atoms with Crippen LogP contribution in [0.15, 0.2) is 12.3 Å². The fourth-order valence-corrected chi connectivity index (χ4v) is 1.26. The van der Waals surface area contributed by atoms with E-state index in [-0.39, 0.29) is 6.54 Å². The van der Waals surface area contributed by atoms with Gasteiger partial charge in [0.05, 0.1) is 5.69 Å². The highest BCUT2D eigenvalue weighted by Crippen LogP contribution is 2.25. The van der Waals surface area contributed by atoms with E-state index in [0.717, 1.165) is 0 Å². The van der Waals surface area contributed by atoms with Crippen LogP contribution in [0, 0.1) is 5.92 Å². The van der Waals surface area contributed by atoms with E-state index >= 15 is 0 Å². The quantitative estimate of drug-likeness (QED) is 0.811. The first kappa shape index (κ1) is 13.5. The monoisotopic (exact) mass is 251 g/mol. The van der Waals surface area contributed by atoms with Crippen LogP contribution in [0.1, 0.15) is 5.69 Å². The molecule has 1 heterocycles. The molecule has 2 N–H and O–H groups in total. The lowest BCUT2D eigenvalue weighted by molar-refractivity contribution is -0.192. The Labute approximate surface area is 95.2 Å². The number of carboxylic acids is 1. The predicted molar refractivity (Wildman–Crippen MR) is 52.1 cm³/mol. The molecule has 0 saturated heterocycles. The van der Waals surface area contributed by atoms with Gasteiger partial charge in [-0.25, -0.2) is 0 Å². The highest BCUT2D eigenvalue weighted by atomic mass is 19.4. The Bertz CT molecular complexity index is 389. The van der Waals surface area contributed by atoms with Crippen LogP contribution in [0.3, 0.4) is 0 Å². The van der Waals surface area contributed by atoms with Gasteiger partial charge in [-0.15, -0.1) is 0 Å². The maximum absolute atomic E-state index is 12.3. The van der Waals surface area contributed by atoms with Gasteiger partial charge in [0.15, 0.2) is 5.92 Å². The Morgan fingerprint density at radius 3 is 2.71 bits per heavy atom. The number of aromatic nitrogens is 2. The molecule has 0 aliphatic carbocycles. The summed E-state index contributed by atoms with van der Waals surface area (Å²) < 4.78 is 38.3. The second-order valence-corrected chi connectivity index (χ2v) is 3.51. The molecule has 5 nitrogen and oxygen atoms in total. The lowest BCUT2D eigenvalue weighted by Crippen LogP contribution is -2.39. The van der Waals surface area contributed by atoms with Crippen LogP contribution >= 0.6 is 0 Å². The van der Waals surface area contributed by atoms with E-state index in [9.17, 15) is 18.0 Å². The number of nitrogens with zero attached hydrogens (tertiary/aromatic N) is 2. The first-order valence-electron chi connectivity index (χ1n) is 4.79. The average Bonchev–Trinajstić information content (AvgIpc) is 2.56. The fraction of sp³-hybridized carbons (Fsp3) is 0.556. The average molecular weight is 251 g/mol. The first-order chi connectivity index (χ1) is 7.82. The Balaban J connectivity index is 2.49. The molecule has 0 saturated carbocycles. The number of halogens is 3. The molecule has 0 aromatic carbocycles. The molecular weight excluding hydrogens is 239 g/mol. The molecule has 0 aliphatic heterocycles. The molecule has 0 amide bonds. The van der Waals surface area contributed by atoms with Crippen LogP contribution in [0.2, 0.25) is 0 Å². The van der Waals surface area contributed by atoms with Gasteiger partial charge < -0.3 is 10.4 Å². The second-order valence-electron chi connectivity index (χ2n) is 3.51. The highest BCUT2D eigenvalue weighted by Gasteiger charge is 2.44. The van der Waals surface area contributed by atoms with Crippen molar-refractivity contribution >= 4 is 5.97 Å². The van der Waals surface area contributed by atoms with Gasteiger partial charge in [-0.1, -0.05) is 0 Å². The largest absolute Gasteiger partial charge is 0.481 e. The minimum absolute atomic E-state index is 0.135. The van der Waals surface area contributed by atoms with Crippen LogP contribution in [0.5, 0.6) is 0 Å². The molecule has 1 aromatic heterocycles. The molecule has 1 rings (SSSR count). The molecule has 1 aromatic rings. The molecule has 1 unspecified atom stereocenters. The number of aliphatic carboxylic acids is 1. The molecule has 0 fully saturated rings. The summed E-state index contributed by atoms with van der Waals surface area (Å²) >= 11 is 0. The number of aryl methyl sites for hydroxylation is 1. The Morgan fingerprint density at radius 2 is 2.29 bits per heavy atom. The molecule has 0 bridgehead atoms. The lowest BCUT2D eigenvalue weighted by atomic mass is 10.1. The molecular formula is C9H12F3N3O2. The van der Waals surface area contributed by atoms with Crippen molar-refractivity contribution < 1.29 is 23.1 Å². The number of nitrogens with one attached hydrogen (secondary N) is 1. The molecule has 1 atom stereocenters. The van der Waals surface area contributed by atoms with Crippen LogP contribution < -0.4 is 5.32 Å². The van der Waals surface area contributed by atoms with Gasteiger partial charge in [-0.05, 0) is 6.07 Å². The summed E-state index contributed by atoms with van der Waals surface area (Å²) in [5.74, 6) is -4.27. The highest BCUT2D eigenvalue weighted by molar-refractivity contribution is 5.71. The van der Waals surface area contributed by atoms with E-state index in [1.54, 1.807) is 13.1 Å². The minimum atomic E-state index is -4.74. The van der Waals surface area contributed by atoms with Crippen molar-refractivity contribution in [3.05, 3.63) is 18.0 Å². The molecule has 0 radical (unpaired) electrons. The van der Waals surface area contributed by atoms with Gasteiger partial charge in [0.25, 0.3) is 0 Å². The SMILES string of the molecule is Cn1nccc1CNCC(C(=O)O)C(F)(F)F. The summed E-state index contributed by atoms with van der Waals surface area (Å²) in [5, 5.41) is 14.7. The number of hydrogen-bond acceptors (Lipinski definition) is 3. The van der Waals surface area contributed by atoms with E-state index in [0.29, 0.717) is 5.69 Å². The van der Waals surface area contributed by atoms with Crippen LogP contribution in [0.4, 0.5) is 13.2 Å². The van der Waals surface area contributed by atoms with Crippen molar-refractivity contribution in [2.24, 2.45) is 13.0 Å². The maximum atomic E-state index is 12.3. The van der Waals surface area contributed by atoms with Crippen LogP contribution in [-0.2, 0) is 18.4 Å². The van der Waals surface area contributed by atoms with E-state index in [1.807, 2.05) is 0 Å². The third kappa shape index (κ3) is 3.74. The summed E-state index contributed by atoms with van der Waals surface area (Å²) in [6, 6.07) is 1.64. The smallest absolute Gasteiger partial charge is 0.403 e. The second kappa shape index (κ2) is 5.17. The van der Waals surface area contributed by atoms with Crippen LogP contribution in [-0.4, -0.2) is 33.6 Å². The van der Waals surface area contributed by atoms with Gasteiger partial charge in [-0.3, -0.25) is 9.48 Å². The zero-order valence-electron chi connectivity index (χ0n) is 9.03. The summed E-state index contributed by atoms with van der Waals surface area (Å²) in [6.07, 6.45) is -3.24. The van der Waals surface area contributed by atoms with Crippen molar-refractivity contribution in [3.63, 3.8) is 0 Å². The minimum Gasteiger partial charge on any atom is -0.481 e. The van der Waals surface area contributed by atoms with E-state index in [4.69, 9.17) is 5.11 Å². The van der Waals surface area contributed by atoms with Gasteiger partial charge in [0, 0.05) is 26.3 Å².